The highest BCUT2D eigenvalue weighted by Crippen LogP contribution is 2.50. The molecule has 2 heterocycles. The average Bonchev–Trinajstić information content (AvgIpc) is 2.44. The Kier molecular flexibility index (Phi) is 1.81. The van der Waals surface area contributed by atoms with Gasteiger partial charge in [0, 0.05) is 12.6 Å². The van der Waals surface area contributed by atoms with Crippen molar-refractivity contribution in [3.8, 4) is 0 Å². The zero-order chi connectivity index (χ0) is 10.6. The van der Waals surface area contributed by atoms with Gasteiger partial charge in [-0.25, -0.2) is 0 Å². The molecule has 0 unspecified atom stereocenters. The summed E-state index contributed by atoms with van der Waals surface area (Å²) in [5.41, 5.74) is 1.16. The number of rotatable bonds is 0. The van der Waals surface area contributed by atoms with E-state index in [-0.39, 0.29) is 11.4 Å². The maximum absolute atomic E-state index is 11.8. The van der Waals surface area contributed by atoms with Crippen molar-refractivity contribution in [1.29, 1.82) is 0 Å². The fourth-order valence-electron chi connectivity index (χ4n) is 2.71. The minimum Gasteiger partial charge on any atom is -0.453 e. The summed E-state index contributed by atoms with van der Waals surface area (Å²) in [6.45, 7) is 0. The van der Waals surface area contributed by atoms with Crippen LogP contribution < -0.4 is 0 Å². The largest absolute Gasteiger partial charge is 0.453 e. The first-order valence-corrected chi connectivity index (χ1v) is 5.98. The number of nitrogens with zero attached hydrogens (tertiary/aromatic N) is 1. The number of furan rings is 1. The summed E-state index contributed by atoms with van der Waals surface area (Å²) in [5.74, 6) is 1.02. The standard InChI is InChI=1S/C11H12BrNO2/c1-13-10(14)6-8-7(5-9(12)15-8)11(13)3-2-4-11/h5H,2-4,6H2,1H3. The van der Waals surface area contributed by atoms with Crippen molar-refractivity contribution in [2.45, 2.75) is 31.2 Å². The Labute approximate surface area is 96.6 Å². The molecule has 0 aromatic carbocycles. The number of fused-ring (bicyclic) bond motifs is 2. The molecule has 1 aromatic heterocycles. The van der Waals surface area contributed by atoms with Gasteiger partial charge in [0.05, 0.1) is 12.0 Å². The fourth-order valence-corrected chi connectivity index (χ4v) is 3.14. The quantitative estimate of drug-likeness (QED) is 0.725. The van der Waals surface area contributed by atoms with E-state index in [4.69, 9.17) is 4.42 Å². The zero-order valence-electron chi connectivity index (χ0n) is 8.55. The first-order chi connectivity index (χ1) is 7.13. The number of likely N-dealkylation sites (N-methyl/N-ethyl adjacent to an activating group) is 1. The van der Waals surface area contributed by atoms with Gasteiger partial charge in [-0.15, -0.1) is 0 Å². The molecule has 2 aliphatic rings. The summed E-state index contributed by atoms with van der Waals surface area (Å²) in [7, 11) is 1.91. The van der Waals surface area contributed by atoms with Gasteiger partial charge in [-0.3, -0.25) is 4.79 Å². The Morgan fingerprint density at radius 2 is 2.27 bits per heavy atom. The van der Waals surface area contributed by atoms with Crippen LogP contribution in [0.5, 0.6) is 0 Å². The van der Waals surface area contributed by atoms with Crippen LogP contribution in [0.1, 0.15) is 30.6 Å². The van der Waals surface area contributed by atoms with Crippen LogP contribution >= 0.6 is 15.9 Å². The van der Waals surface area contributed by atoms with Crippen LogP contribution in [0.3, 0.4) is 0 Å². The molecule has 3 rings (SSSR count). The average molecular weight is 270 g/mol. The molecule has 1 spiro atoms. The Balaban J connectivity index is 2.17. The van der Waals surface area contributed by atoms with Crippen molar-refractivity contribution < 1.29 is 9.21 Å². The number of amides is 1. The Morgan fingerprint density at radius 1 is 1.53 bits per heavy atom. The van der Waals surface area contributed by atoms with Gasteiger partial charge >= 0.3 is 0 Å². The lowest BCUT2D eigenvalue weighted by Crippen LogP contribution is -2.55. The van der Waals surface area contributed by atoms with Crippen molar-refractivity contribution in [2.75, 3.05) is 7.05 Å². The third-order valence-electron chi connectivity index (χ3n) is 3.79. The highest BCUT2D eigenvalue weighted by Gasteiger charge is 2.50. The van der Waals surface area contributed by atoms with E-state index < -0.39 is 0 Å². The number of hydrogen-bond acceptors (Lipinski definition) is 2. The van der Waals surface area contributed by atoms with Gasteiger partial charge in [0.25, 0.3) is 0 Å². The van der Waals surface area contributed by atoms with Crippen molar-refractivity contribution in [3.63, 3.8) is 0 Å². The molecule has 1 aliphatic heterocycles. The van der Waals surface area contributed by atoms with E-state index >= 15 is 0 Å². The van der Waals surface area contributed by atoms with Gasteiger partial charge in [0.1, 0.15) is 5.76 Å². The monoisotopic (exact) mass is 269 g/mol. The molecule has 1 aliphatic carbocycles. The molecule has 80 valence electrons. The lowest BCUT2D eigenvalue weighted by Gasteiger charge is -2.50. The summed E-state index contributed by atoms with van der Waals surface area (Å²) < 4.78 is 6.26. The number of hydrogen-bond donors (Lipinski definition) is 0. The predicted octanol–water partition coefficient (Wildman–Crippen LogP) is 2.44. The van der Waals surface area contributed by atoms with Crippen molar-refractivity contribution in [3.05, 3.63) is 22.1 Å². The predicted molar refractivity (Wildman–Crippen MR) is 58.4 cm³/mol. The van der Waals surface area contributed by atoms with Gasteiger partial charge in [-0.05, 0) is 41.3 Å². The maximum Gasteiger partial charge on any atom is 0.230 e. The Morgan fingerprint density at radius 3 is 2.87 bits per heavy atom. The zero-order valence-corrected chi connectivity index (χ0v) is 10.1. The maximum atomic E-state index is 11.8. The summed E-state index contributed by atoms with van der Waals surface area (Å²) in [6.07, 6.45) is 3.72. The molecule has 15 heavy (non-hydrogen) atoms. The van der Waals surface area contributed by atoms with Crippen LogP contribution in [0.15, 0.2) is 15.2 Å². The third-order valence-corrected chi connectivity index (χ3v) is 4.18. The van der Waals surface area contributed by atoms with Crippen LogP contribution in [0.2, 0.25) is 0 Å². The molecule has 4 heteroatoms. The summed E-state index contributed by atoms with van der Waals surface area (Å²) in [5, 5.41) is 0. The van der Waals surface area contributed by atoms with E-state index in [0.717, 1.165) is 23.3 Å². The van der Waals surface area contributed by atoms with Crippen LogP contribution in [0.25, 0.3) is 0 Å². The Hall–Kier alpha value is -0.770. The summed E-state index contributed by atoms with van der Waals surface area (Å²) in [4.78, 5) is 13.7. The molecule has 1 amide bonds. The molecule has 1 saturated carbocycles. The van der Waals surface area contributed by atoms with E-state index in [2.05, 4.69) is 15.9 Å². The molecule has 0 atom stereocenters. The van der Waals surface area contributed by atoms with E-state index in [0.29, 0.717) is 6.42 Å². The van der Waals surface area contributed by atoms with E-state index in [9.17, 15) is 4.79 Å². The minimum absolute atomic E-state index is 0.0554. The van der Waals surface area contributed by atoms with E-state index in [1.54, 1.807) is 0 Å². The van der Waals surface area contributed by atoms with Crippen LogP contribution in [0, 0.1) is 0 Å². The molecule has 1 fully saturated rings. The minimum atomic E-state index is -0.0554. The van der Waals surface area contributed by atoms with Gasteiger partial charge in [-0.1, -0.05) is 0 Å². The van der Waals surface area contributed by atoms with Gasteiger partial charge in [0.15, 0.2) is 4.67 Å². The van der Waals surface area contributed by atoms with Gasteiger partial charge in [-0.2, -0.15) is 0 Å². The normalized spacial score (nSPS) is 22.8. The SMILES string of the molecule is CN1C(=O)Cc2oc(Br)cc2C12CCC2. The van der Waals surface area contributed by atoms with Gasteiger partial charge < -0.3 is 9.32 Å². The summed E-state index contributed by atoms with van der Waals surface area (Å²) >= 11 is 3.34. The molecule has 0 saturated heterocycles. The van der Waals surface area contributed by atoms with E-state index in [1.807, 2.05) is 18.0 Å². The Bertz CT molecular complexity index is 434. The highest BCUT2D eigenvalue weighted by atomic mass is 79.9. The second kappa shape index (κ2) is 2.88. The summed E-state index contributed by atoms with van der Waals surface area (Å²) in [6, 6.07) is 2.03. The second-order valence-electron chi connectivity index (χ2n) is 4.40. The molecule has 0 bridgehead atoms. The number of carbonyl (C=O) groups excluding carboxylic acids is 1. The molecule has 0 radical (unpaired) electrons. The lowest BCUT2D eigenvalue weighted by atomic mass is 9.69. The first-order valence-electron chi connectivity index (χ1n) is 5.19. The van der Waals surface area contributed by atoms with Crippen molar-refractivity contribution >= 4 is 21.8 Å². The molecular weight excluding hydrogens is 258 g/mol. The fraction of sp³-hybridized carbons (Fsp3) is 0.545. The van der Waals surface area contributed by atoms with E-state index in [1.165, 1.54) is 12.0 Å². The van der Waals surface area contributed by atoms with Crippen LogP contribution in [-0.2, 0) is 16.8 Å². The van der Waals surface area contributed by atoms with Crippen LogP contribution in [-0.4, -0.2) is 17.9 Å². The van der Waals surface area contributed by atoms with Gasteiger partial charge in [0.2, 0.25) is 5.91 Å². The smallest absolute Gasteiger partial charge is 0.230 e. The molecule has 0 N–H and O–H groups in total. The molecular formula is C11H12BrNO2. The topological polar surface area (TPSA) is 33.5 Å². The molecule has 3 nitrogen and oxygen atoms in total. The number of carbonyl (C=O) groups is 1. The number of halogens is 1. The third kappa shape index (κ3) is 1.08. The van der Waals surface area contributed by atoms with Crippen molar-refractivity contribution in [2.24, 2.45) is 0 Å². The lowest BCUT2D eigenvalue weighted by molar-refractivity contribution is -0.141. The highest BCUT2D eigenvalue weighted by molar-refractivity contribution is 9.10. The molecule has 1 aromatic rings. The second-order valence-corrected chi connectivity index (χ2v) is 5.18. The van der Waals surface area contributed by atoms with Crippen molar-refractivity contribution in [1.82, 2.24) is 4.90 Å². The van der Waals surface area contributed by atoms with Crippen LogP contribution in [0.4, 0.5) is 0 Å². The first kappa shape index (κ1) is 9.46.